The Bertz CT molecular complexity index is 641. The third-order valence-electron chi connectivity index (χ3n) is 2.59. The van der Waals surface area contributed by atoms with Crippen molar-refractivity contribution in [2.45, 2.75) is 6.42 Å². The smallest absolute Gasteiger partial charge is 0.170 e. The van der Waals surface area contributed by atoms with Gasteiger partial charge in [0, 0.05) is 16.5 Å². The lowest BCUT2D eigenvalue weighted by Crippen LogP contribution is -2.07. The molecule has 0 atom stereocenters. The van der Waals surface area contributed by atoms with Crippen LogP contribution in [0.5, 0.6) is 0 Å². The fraction of sp³-hybridized carbons (Fsp3) is 0.0714. The van der Waals surface area contributed by atoms with Crippen molar-refractivity contribution >= 4 is 29.0 Å². The molecule has 2 rings (SSSR count). The van der Waals surface area contributed by atoms with E-state index in [9.17, 15) is 13.6 Å². The van der Waals surface area contributed by atoms with Gasteiger partial charge in [0.05, 0.1) is 5.56 Å². The molecule has 0 unspecified atom stereocenters. The molecule has 0 spiro atoms. The van der Waals surface area contributed by atoms with Crippen molar-refractivity contribution in [1.29, 1.82) is 0 Å². The molecule has 0 aliphatic heterocycles. The second kappa shape index (κ2) is 5.68. The zero-order valence-corrected chi connectivity index (χ0v) is 11.1. The lowest BCUT2D eigenvalue weighted by molar-refractivity contribution is 0.0988. The zero-order valence-electron chi connectivity index (χ0n) is 9.59. The Morgan fingerprint density at radius 3 is 2.26 bits per heavy atom. The van der Waals surface area contributed by atoms with Crippen molar-refractivity contribution in [3.05, 3.63) is 69.2 Å². The van der Waals surface area contributed by atoms with Gasteiger partial charge in [-0.1, -0.05) is 29.3 Å². The van der Waals surface area contributed by atoms with Crippen molar-refractivity contribution in [3.63, 3.8) is 0 Å². The lowest BCUT2D eigenvalue weighted by Gasteiger charge is -2.05. The molecular weight excluding hydrogens is 293 g/mol. The Kier molecular flexibility index (Phi) is 4.17. The largest absolute Gasteiger partial charge is 0.294 e. The van der Waals surface area contributed by atoms with E-state index in [1.165, 1.54) is 24.3 Å². The SMILES string of the molecule is O=C(Cc1ccc(Cl)cc1F)c1cc(Cl)ccc1F. The first kappa shape index (κ1) is 14.0. The number of benzene rings is 2. The van der Waals surface area contributed by atoms with Crippen LogP contribution >= 0.6 is 23.2 Å². The van der Waals surface area contributed by atoms with Gasteiger partial charge in [0.25, 0.3) is 0 Å². The molecular formula is C14H8Cl2F2O. The van der Waals surface area contributed by atoms with Crippen LogP contribution in [0.25, 0.3) is 0 Å². The maximum Gasteiger partial charge on any atom is 0.170 e. The van der Waals surface area contributed by atoms with E-state index in [1.54, 1.807) is 0 Å². The number of Topliss-reactive ketones (excluding diaryl/α,β-unsaturated/α-hetero) is 1. The zero-order chi connectivity index (χ0) is 14.0. The second-order valence-electron chi connectivity index (χ2n) is 3.96. The summed E-state index contributed by atoms with van der Waals surface area (Å²) in [5.41, 5.74) is 0.00984. The summed E-state index contributed by atoms with van der Waals surface area (Å²) in [6, 6.07) is 7.66. The summed E-state index contributed by atoms with van der Waals surface area (Å²) in [7, 11) is 0. The van der Waals surface area contributed by atoms with Gasteiger partial charge in [-0.15, -0.1) is 0 Å². The van der Waals surface area contributed by atoms with Gasteiger partial charge in [-0.05, 0) is 35.9 Å². The molecule has 0 heterocycles. The molecule has 0 N–H and O–H groups in total. The van der Waals surface area contributed by atoms with Crippen molar-refractivity contribution in [1.82, 2.24) is 0 Å². The number of carbonyl (C=O) groups is 1. The van der Waals surface area contributed by atoms with Crippen LogP contribution < -0.4 is 0 Å². The standard InChI is InChI=1S/C14H8Cl2F2O/c15-9-3-4-12(17)11(6-9)14(19)5-8-1-2-10(16)7-13(8)18/h1-4,6-7H,5H2. The first-order chi connectivity index (χ1) is 8.97. The van der Waals surface area contributed by atoms with Gasteiger partial charge in [-0.25, -0.2) is 8.78 Å². The van der Waals surface area contributed by atoms with Crippen molar-refractivity contribution in [2.75, 3.05) is 0 Å². The topological polar surface area (TPSA) is 17.1 Å². The van der Waals surface area contributed by atoms with Crippen LogP contribution in [0.3, 0.4) is 0 Å². The van der Waals surface area contributed by atoms with Crippen LogP contribution in [0, 0.1) is 11.6 Å². The number of hydrogen-bond acceptors (Lipinski definition) is 1. The molecule has 0 fully saturated rings. The normalized spacial score (nSPS) is 10.5. The first-order valence-corrected chi connectivity index (χ1v) is 6.15. The molecule has 2 aromatic carbocycles. The fourth-order valence-corrected chi connectivity index (χ4v) is 1.98. The third-order valence-corrected chi connectivity index (χ3v) is 3.07. The summed E-state index contributed by atoms with van der Waals surface area (Å²) in [6.45, 7) is 0. The Morgan fingerprint density at radius 2 is 1.58 bits per heavy atom. The van der Waals surface area contributed by atoms with Crippen LogP contribution in [-0.2, 0) is 6.42 Å². The summed E-state index contributed by atoms with van der Waals surface area (Å²) in [5, 5.41) is 0.490. The van der Waals surface area contributed by atoms with Gasteiger partial charge in [0.2, 0.25) is 0 Å². The molecule has 2 aromatic rings. The summed E-state index contributed by atoms with van der Waals surface area (Å²) in [5.74, 6) is -1.81. The Morgan fingerprint density at radius 1 is 0.947 bits per heavy atom. The molecule has 0 aliphatic carbocycles. The van der Waals surface area contributed by atoms with E-state index in [0.717, 1.165) is 12.1 Å². The van der Waals surface area contributed by atoms with E-state index < -0.39 is 17.4 Å². The third kappa shape index (κ3) is 3.31. The minimum atomic E-state index is -0.677. The Balaban J connectivity index is 2.28. The van der Waals surface area contributed by atoms with E-state index in [2.05, 4.69) is 0 Å². The fourth-order valence-electron chi connectivity index (χ4n) is 1.64. The highest BCUT2D eigenvalue weighted by Crippen LogP contribution is 2.19. The first-order valence-electron chi connectivity index (χ1n) is 5.39. The number of rotatable bonds is 3. The molecule has 0 aromatic heterocycles. The van der Waals surface area contributed by atoms with Gasteiger partial charge in [0.1, 0.15) is 11.6 Å². The molecule has 0 bridgehead atoms. The Labute approximate surface area is 118 Å². The van der Waals surface area contributed by atoms with Crippen LogP contribution in [0.1, 0.15) is 15.9 Å². The van der Waals surface area contributed by atoms with Crippen molar-refractivity contribution in [2.24, 2.45) is 0 Å². The molecule has 0 radical (unpaired) electrons. The summed E-state index contributed by atoms with van der Waals surface area (Å²) in [4.78, 5) is 11.9. The predicted molar refractivity (Wildman–Crippen MR) is 70.9 cm³/mol. The van der Waals surface area contributed by atoms with Gasteiger partial charge >= 0.3 is 0 Å². The number of carbonyl (C=O) groups excluding carboxylic acids is 1. The molecule has 0 aliphatic rings. The molecule has 0 saturated heterocycles. The van der Waals surface area contributed by atoms with Gasteiger partial charge < -0.3 is 0 Å². The highest BCUT2D eigenvalue weighted by Gasteiger charge is 2.15. The van der Waals surface area contributed by atoms with Crippen LogP contribution in [0.15, 0.2) is 36.4 Å². The maximum absolute atomic E-state index is 13.5. The predicted octanol–water partition coefficient (Wildman–Crippen LogP) is 4.70. The molecule has 19 heavy (non-hydrogen) atoms. The van der Waals surface area contributed by atoms with E-state index in [4.69, 9.17) is 23.2 Å². The molecule has 0 saturated carbocycles. The average molecular weight is 301 g/mol. The van der Waals surface area contributed by atoms with E-state index in [1.807, 2.05) is 0 Å². The van der Waals surface area contributed by atoms with E-state index in [-0.39, 0.29) is 27.6 Å². The quantitative estimate of drug-likeness (QED) is 0.751. The monoisotopic (exact) mass is 300 g/mol. The van der Waals surface area contributed by atoms with Crippen LogP contribution in [-0.4, -0.2) is 5.78 Å². The molecule has 0 amide bonds. The van der Waals surface area contributed by atoms with Gasteiger partial charge in [-0.3, -0.25) is 4.79 Å². The molecule has 98 valence electrons. The van der Waals surface area contributed by atoms with Crippen LogP contribution in [0.2, 0.25) is 10.0 Å². The number of halogens is 4. The summed E-state index contributed by atoms with van der Waals surface area (Å²) < 4.78 is 27.0. The highest BCUT2D eigenvalue weighted by molar-refractivity contribution is 6.31. The molecule has 5 heteroatoms. The van der Waals surface area contributed by atoms with Gasteiger partial charge in [-0.2, -0.15) is 0 Å². The van der Waals surface area contributed by atoms with Crippen LogP contribution in [0.4, 0.5) is 8.78 Å². The number of ketones is 1. The van der Waals surface area contributed by atoms with E-state index in [0.29, 0.717) is 0 Å². The van der Waals surface area contributed by atoms with Crippen molar-refractivity contribution in [3.8, 4) is 0 Å². The minimum absolute atomic E-state index is 0.151. The maximum atomic E-state index is 13.5. The average Bonchev–Trinajstić information content (AvgIpc) is 2.35. The minimum Gasteiger partial charge on any atom is -0.294 e. The van der Waals surface area contributed by atoms with E-state index >= 15 is 0 Å². The summed E-state index contributed by atoms with van der Waals surface area (Å²) >= 11 is 11.3. The highest BCUT2D eigenvalue weighted by atomic mass is 35.5. The molecule has 1 nitrogen and oxygen atoms in total. The number of hydrogen-bond donors (Lipinski definition) is 0. The lowest BCUT2D eigenvalue weighted by atomic mass is 10.0. The Hall–Kier alpha value is -1.45. The van der Waals surface area contributed by atoms with Gasteiger partial charge in [0.15, 0.2) is 5.78 Å². The second-order valence-corrected chi connectivity index (χ2v) is 4.83. The van der Waals surface area contributed by atoms with Crippen molar-refractivity contribution < 1.29 is 13.6 Å². The summed E-state index contributed by atoms with van der Waals surface area (Å²) in [6.07, 6.45) is -0.250.